The highest BCUT2D eigenvalue weighted by Crippen LogP contribution is 2.30. The number of nitrogens with two attached hydrogens (primary N) is 1. The number of nitriles is 1. The van der Waals surface area contributed by atoms with Crippen LogP contribution in [0.5, 0.6) is 5.75 Å². The van der Waals surface area contributed by atoms with Gasteiger partial charge in [-0.2, -0.15) is 5.26 Å². The second-order valence-corrected chi connectivity index (χ2v) is 4.82. The Balaban J connectivity index is 2.17. The molecule has 2 aromatic rings. The standard InChI is InChI=1S/C11H10IN5O/c1-17-5-8(15-16-17)6-18-11-9(12)2-7(4-13)3-10(11)14/h2-3,5H,6,14H2,1H3. The van der Waals surface area contributed by atoms with E-state index in [1.807, 2.05) is 6.07 Å². The molecule has 0 saturated heterocycles. The Labute approximate surface area is 117 Å². The largest absolute Gasteiger partial charge is 0.484 e. The lowest BCUT2D eigenvalue weighted by atomic mass is 10.2. The molecule has 0 amide bonds. The Morgan fingerprint density at radius 3 is 2.89 bits per heavy atom. The van der Waals surface area contributed by atoms with Crippen molar-refractivity contribution in [1.82, 2.24) is 15.0 Å². The minimum Gasteiger partial charge on any atom is -0.484 e. The van der Waals surface area contributed by atoms with E-state index in [9.17, 15) is 0 Å². The molecule has 2 rings (SSSR count). The van der Waals surface area contributed by atoms with Gasteiger partial charge in [-0.25, -0.2) is 0 Å². The molecule has 0 aliphatic heterocycles. The van der Waals surface area contributed by atoms with Gasteiger partial charge in [0.1, 0.15) is 12.3 Å². The van der Waals surface area contributed by atoms with Crippen LogP contribution in [-0.4, -0.2) is 15.0 Å². The maximum absolute atomic E-state index is 8.82. The van der Waals surface area contributed by atoms with Crippen molar-refractivity contribution in [3.8, 4) is 11.8 Å². The van der Waals surface area contributed by atoms with Gasteiger partial charge in [0, 0.05) is 7.05 Å². The lowest BCUT2D eigenvalue weighted by molar-refractivity contribution is 0.300. The highest BCUT2D eigenvalue weighted by Gasteiger charge is 2.09. The predicted molar refractivity (Wildman–Crippen MR) is 73.6 cm³/mol. The zero-order valence-electron chi connectivity index (χ0n) is 9.59. The van der Waals surface area contributed by atoms with Gasteiger partial charge in [-0.3, -0.25) is 4.68 Å². The van der Waals surface area contributed by atoms with Crippen molar-refractivity contribution in [2.75, 3.05) is 5.73 Å². The first-order valence-electron chi connectivity index (χ1n) is 5.07. The molecule has 18 heavy (non-hydrogen) atoms. The van der Waals surface area contributed by atoms with Gasteiger partial charge in [0.15, 0.2) is 5.75 Å². The molecular formula is C11H10IN5O. The first kappa shape index (κ1) is 12.6. The molecule has 0 unspecified atom stereocenters. The maximum atomic E-state index is 8.82. The van der Waals surface area contributed by atoms with Crippen LogP contribution in [0.3, 0.4) is 0 Å². The smallest absolute Gasteiger partial charge is 0.156 e. The third-order valence-electron chi connectivity index (χ3n) is 2.22. The maximum Gasteiger partial charge on any atom is 0.156 e. The number of aryl methyl sites for hydroxylation is 1. The SMILES string of the molecule is Cn1cc(COc2c(N)cc(C#N)cc2I)nn1. The summed E-state index contributed by atoms with van der Waals surface area (Å²) in [6, 6.07) is 5.36. The number of aromatic nitrogens is 3. The minimum absolute atomic E-state index is 0.292. The predicted octanol–water partition coefficient (Wildman–Crippen LogP) is 1.45. The average Bonchev–Trinajstić information content (AvgIpc) is 2.73. The Morgan fingerprint density at radius 2 is 2.33 bits per heavy atom. The van der Waals surface area contributed by atoms with Crippen LogP contribution in [0.2, 0.25) is 0 Å². The van der Waals surface area contributed by atoms with Crippen LogP contribution in [0, 0.1) is 14.9 Å². The van der Waals surface area contributed by atoms with Crippen molar-refractivity contribution in [2.24, 2.45) is 7.05 Å². The molecule has 0 radical (unpaired) electrons. The molecule has 0 bridgehead atoms. The number of ether oxygens (including phenoxy) is 1. The molecule has 1 heterocycles. The summed E-state index contributed by atoms with van der Waals surface area (Å²) in [5, 5.41) is 16.5. The van der Waals surface area contributed by atoms with Gasteiger partial charge in [-0.1, -0.05) is 5.21 Å². The third-order valence-corrected chi connectivity index (χ3v) is 3.02. The van der Waals surface area contributed by atoms with Gasteiger partial charge in [-0.15, -0.1) is 5.10 Å². The number of nitrogens with zero attached hydrogens (tertiary/aromatic N) is 4. The van der Waals surface area contributed by atoms with E-state index in [2.05, 4.69) is 32.9 Å². The van der Waals surface area contributed by atoms with Crippen LogP contribution in [0.25, 0.3) is 0 Å². The summed E-state index contributed by atoms with van der Waals surface area (Å²) < 4.78 is 8.01. The van der Waals surface area contributed by atoms with Crippen LogP contribution < -0.4 is 10.5 Å². The molecule has 0 atom stereocenters. The molecule has 1 aromatic heterocycles. The number of nitrogen functional groups attached to an aromatic ring is 1. The van der Waals surface area contributed by atoms with E-state index >= 15 is 0 Å². The van der Waals surface area contributed by atoms with Crippen LogP contribution in [0.15, 0.2) is 18.3 Å². The number of halogens is 1. The van der Waals surface area contributed by atoms with Gasteiger partial charge < -0.3 is 10.5 Å². The van der Waals surface area contributed by atoms with Crippen LogP contribution >= 0.6 is 22.6 Å². The molecule has 92 valence electrons. The first-order valence-corrected chi connectivity index (χ1v) is 6.15. The number of rotatable bonds is 3. The Hall–Kier alpha value is -1.82. The van der Waals surface area contributed by atoms with Gasteiger partial charge in [0.25, 0.3) is 0 Å². The van der Waals surface area contributed by atoms with E-state index in [1.54, 1.807) is 30.1 Å². The molecule has 0 saturated carbocycles. The highest BCUT2D eigenvalue weighted by molar-refractivity contribution is 14.1. The fraction of sp³-hybridized carbons (Fsp3) is 0.182. The first-order chi connectivity index (χ1) is 8.60. The van der Waals surface area contributed by atoms with E-state index in [-0.39, 0.29) is 0 Å². The summed E-state index contributed by atoms with van der Waals surface area (Å²) in [5.41, 5.74) is 7.53. The molecule has 6 nitrogen and oxygen atoms in total. The van der Waals surface area contributed by atoms with E-state index in [1.165, 1.54) is 0 Å². The van der Waals surface area contributed by atoms with Gasteiger partial charge in [0.2, 0.25) is 0 Å². The second-order valence-electron chi connectivity index (χ2n) is 3.66. The van der Waals surface area contributed by atoms with Crippen molar-refractivity contribution in [3.63, 3.8) is 0 Å². The fourth-order valence-corrected chi connectivity index (χ4v) is 2.24. The minimum atomic E-state index is 0.292. The molecular weight excluding hydrogens is 345 g/mol. The van der Waals surface area contributed by atoms with Gasteiger partial charge in [-0.05, 0) is 34.7 Å². The molecule has 2 N–H and O–H groups in total. The van der Waals surface area contributed by atoms with Crippen molar-refractivity contribution < 1.29 is 4.74 Å². The summed E-state index contributed by atoms with van der Waals surface area (Å²) in [6.45, 7) is 0.292. The monoisotopic (exact) mass is 355 g/mol. The molecule has 0 aliphatic rings. The van der Waals surface area contributed by atoms with Crippen molar-refractivity contribution in [1.29, 1.82) is 5.26 Å². The summed E-state index contributed by atoms with van der Waals surface area (Å²) in [6.07, 6.45) is 1.77. The topological polar surface area (TPSA) is 89.8 Å². The van der Waals surface area contributed by atoms with Crippen molar-refractivity contribution in [2.45, 2.75) is 6.61 Å². The quantitative estimate of drug-likeness (QED) is 0.665. The zero-order valence-corrected chi connectivity index (χ0v) is 11.7. The number of benzene rings is 1. The molecule has 0 aliphatic carbocycles. The average molecular weight is 355 g/mol. The lowest BCUT2D eigenvalue weighted by Crippen LogP contribution is -2.01. The molecule has 0 spiro atoms. The number of hydrogen-bond acceptors (Lipinski definition) is 5. The number of anilines is 1. The summed E-state index contributed by atoms with van der Waals surface area (Å²) in [7, 11) is 1.79. The van der Waals surface area contributed by atoms with Crippen LogP contribution in [-0.2, 0) is 13.7 Å². The van der Waals surface area contributed by atoms with Crippen LogP contribution in [0.1, 0.15) is 11.3 Å². The van der Waals surface area contributed by atoms with Crippen molar-refractivity contribution >= 4 is 28.3 Å². The summed E-state index contributed by atoms with van der Waals surface area (Å²) >= 11 is 2.09. The highest BCUT2D eigenvalue weighted by atomic mass is 127. The van der Waals surface area contributed by atoms with Gasteiger partial charge >= 0.3 is 0 Å². The lowest BCUT2D eigenvalue weighted by Gasteiger charge is -2.09. The normalized spacial score (nSPS) is 10.1. The van der Waals surface area contributed by atoms with E-state index in [4.69, 9.17) is 15.7 Å². The Kier molecular flexibility index (Phi) is 3.66. The van der Waals surface area contributed by atoms with E-state index in [0.717, 1.165) is 9.26 Å². The third kappa shape index (κ3) is 2.70. The Bertz CT molecular complexity index is 593. The Morgan fingerprint density at radius 1 is 1.56 bits per heavy atom. The zero-order chi connectivity index (χ0) is 13.1. The van der Waals surface area contributed by atoms with Crippen molar-refractivity contribution in [3.05, 3.63) is 33.2 Å². The van der Waals surface area contributed by atoms with Gasteiger partial charge in [0.05, 0.1) is 27.1 Å². The molecule has 0 fully saturated rings. The summed E-state index contributed by atoms with van der Waals surface area (Å²) in [5.74, 6) is 0.570. The van der Waals surface area contributed by atoms with E-state index in [0.29, 0.717) is 23.6 Å². The fourth-order valence-electron chi connectivity index (χ4n) is 1.44. The number of hydrogen-bond donors (Lipinski definition) is 1. The second kappa shape index (κ2) is 5.22. The van der Waals surface area contributed by atoms with E-state index < -0.39 is 0 Å². The molecule has 1 aromatic carbocycles. The summed E-state index contributed by atoms with van der Waals surface area (Å²) in [4.78, 5) is 0. The molecule has 7 heteroatoms. The van der Waals surface area contributed by atoms with Crippen LogP contribution in [0.4, 0.5) is 5.69 Å².